The van der Waals surface area contributed by atoms with Gasteiger partial charge in [0.25, 0.3) is 5.91 Å². The first-order valence-electron chi connectivity index (χ1n) is 12.3. The Bertz CT molecular complexity index is 1180. The van der Waals surface area contributed by atoms with Crippen LogP contribution in [-0.2, 0) is 0 Å². The highest BCUT2D eigenvalue weighted by Gasteiger charge is 2.53. The predicted octanol–water partition coefficient (Wildman–Crippen LogP) is 7.62. The van der Waals surface area contributed by atoms with Crippen molar-refractivity contribution in [2.45, 2.75) is 68.2 Å². The van der Waals surface area contributed by atoms with Gasteiger partial charge < -0.3 is 10.3 Å². The smallest absolute Gasteiger partial charge is 0.269 e. The second-order valence-corrected chi connectivity index (χ2v) is 12.4. The van der Waals surface area contributed by atoms with E-state index in [2.05, 4.69) is 42.3 Å². The Morgan fingerprint density at radius 3 is 2.33 bits per heavy atom. The van der Waals surface area contributed by atoms with Crippen LogP contribution >= 0.6 is 23.4 Å². The quantitative estimate of drug-likeness (QED) is 0.396. The first kappa shape index (κ1) is 21.6. The number of hydrogen-bond donors (Lipinski definition) is 2. The lowest BCUT2D eigenvalue weighted by atomic mass is 9.48. The summed E-state index contributed by atoms with van der Waals surface area (Å²) in [7, 11) is 0. The summed E-state index contributed by atoms with van der Waals surface area (Å²) in [4.78, 5) is 19.2. The average molecular weight is 479 g/mol. The summed E-state index contributed by atoms with van der Waals surface area (Å²) in [6, 6.07) is 14.4. The van der Waals surface area contributed by atoms with Crippen molar-refractivity contribution >= 4 is 40.2 Å². The maximum Gasteiger partial charge on any atom is 0.269 e. The van der Waals surface area contributed by atoms with Crippen LogP contribution in [0.3, 0.4) is 0 Å². The molecule has 3 aromatic rings. The zero-order valence-electron chi connectivity index (χ0n) is 19.3. The number of hydrogen-bond acceptors (Lipinski definition) is 2. The average Bonchev–Trinajstić information content (AvgIpc) is 3.11. The van der Waals surface area contributed by atoms with Crippen molar-refractivity contribution in [1.29, 1.82) is 0 Å². The molecule has 1 atom stereocenters. The van der Waals surface area contributed by atoms with Crippen molar-refractivity contribution in [1.82, 2.24) is 10.3 Å². The Kier molecular flexibility index (Phi) is 5.30. The Morgan fingerprint density at radius 2 is 1.70 bits per heavy atom. The predicted molar refractivity (Wildman–Crippen MR) is 136 cm³/mol. The normalized spacial score (nSPS) is 28.9. The summed E-state index contributed by atoms with van der Waals surface area (Å²) < 4.78 is 0. The Balaban J connectivity index is 1.31. The lowest BCUT2D eigenvalue weighted by Crippen LogP contribution is -2.55. The lowest BCUT2D eigenvalue weighted by molar-refractivity contribution is -0.0688. The van der Waals surface area contributed by atoms with Crippen molar-refractivity contribution in [3.05, 3.63) is 58.7 Å². The Hall–Kier alpha value is -1.91. The van der Waals surface area contributed by atoms with Crippen molar-refractivity contribution in [3.8, 4) is 0 Å². The molecular formula is C28H31ClN2OS. The van der Waals surface area contributed by atoms with E-state index in [4.69, 9.17) is 11.6 Å². The molecule has 0 unspecified atom stereocenters. The molecule has 1 heterocycles. The molecule has 2 N–H and O–H groups in total. The summed E-state index contributed by atoms with van der Waals surface area (Å²) in [6.45, 7) is 4.34. The highest BCUT2D eigenvalue weighted by molar-refractivity contribution is 7.99. The summed E-state index contributed by atoms with van der Waals surface area (Å²) in [5, 5.41) is 5.27. The monoisotopic (exact) mass is 478 g/mol. The molecule has 4 aliphatic carbocycles. The summed E-state index contributed by atoms with van der Waals surface area (Å²) >= 11 is 7.72. The molecule has 0 spiro atoms. The maximum atomic E-state index is 13.7. The van der Waals surface area contributed by atoms with Gasteiger partial charge in [0, 0.05) is 26.9 Å². The van der Waals surface area contributed by atoms with Gasteiger partial charge in [0.1, 0.15) is 5.69 Å². The lowest BCUT2D eigenvalue weighted by Gasteiger charge is -2.59. The van der Waals surface area contributed by atoms with Crippen LogP contribution in [-0.4, -0.2) is 16.9 Å². The first-order valence-corrected chi connectivity index (χ1v) is 13.4. The molecule has 4 fully saturated rings. The molecular weight excluding hydrogens is 448 g/mol. The van der Waals surface area contributed by atoms with Crippen LogP contribution in [0.15, 0.2) is 52.3 Å². The molecule has 2 aromatic carbocycles. The number of aromatic amines is 1. The van der Waals surface area contributed by atoms with Gasteiger partial charge in [-0.3, -0.25) is 4.79 Å². The van der Waals surface area contributed by atoms with Gasteiger partial charge in [-0.2, -0.15) is 0 Å². The largest absolute Gasteiger partial charge is 0.350 e. The number of fused-ring (bicyclic) bond motifs is 1. The van der Waals surface area contributed by atoms with E-state index in [1.807, 2.05) is 24.3 Å². The molecule has 5 heteroatoms. The third-order valence-electron chi connectivity index (χ3n) is 8.52. The van der Waals surface area contributed by atoms with Crippen LogP contribution in [0.2, 0.25) is 5.02 Å². The number of carbonyl (C=O) groups is 1. The highest BCUT2D eigenvalue weighted by atomic mass is 35.5. The fourth-order valence-electron chi connectivity index (χ4n) is 7.30. The molecule has 3 nitrogen and oxygen atoms in total. The van der Waals surface area contributed by atoms with Crippen molar-refractivity contribution in [2.75, 3.05) is 0 Å². The minimum absolute atomic E-state index is 0.0172. The van der Waals surface area contributed by atoms with Crippen LogP contribution in [0.4, 0.5) is 0 Å². The second-order valence-electron chi connectivity index (χ2n) is 10.9. The van der Waals surface area contributed by atoms with Gasteiger partial charge in [-0.15, -0.1) is 0 Å². The highest BCUT2D eigenvalue weighted by Crippen LogP contribution is 2.61. The van der Waals surface area contributed by atoms with Gasteiger partial charge in [0.05, 0.1) is 4.90 Å². The van der Waals surface area contributed by atoms with Crippen LogP contribution in [0.25, 0.3) is 10.9 Å². The fourth-order valence-corrected chi connectivity index (χ4v) is 8.47. The molecule has 1 amide bonds. The molecule has 0 saturated heterocycles. The molecule has 4 aliphatic rings. The number of H-pyrrole nitrogens is 1. The van der Waals surface area contributed by atoms with Crippen LogP contribution in [0.1, 0.15) is 61.5 Å². The minimum atomic E-state index is 0.0172. The van der Waals surface area contributed by atoms with Gasteiger partial charge in [0.15, 0.2) is 0 Å². The van der Waals surface area contributed by atoms with Gasteiger partial charge in [-0.25, -0.2) is 0 Å². The Morgan fingerprint density at radius 1 is 1.06 bits per heavy atom. The molecule has 33 heavy (non-hydrogen) atoms. The zero-order valence-corrected chi connectivity index (χ0v) is 20.9. The van der Waals surface area contributed by atoms with E-state index in [1.165, 1.54) is 44.1 Å². The second kappa shape index (κ2) is 8.09. The minimum Gasteiger partial charge on any atom is -0.350 e. The number of amides is 1. The SMILES string of the molecule is Cc1ccc2c(Sc3ccc(Cl)cc3)c(C(=O)N[C@@H](C)C34CC5CC(CC(C5)C3)C4)[nH]c2c1. The standard InChI is InChI=1S/C28H31ClN2OS/c1-16-3-8-23-24(9-16)31-25(26(23)33-22-6-4-21(29)5-7-22)27(32)30-17(2)28-13-18-10-19(14-28)12-20(11-18)15-28/h3-9,17-20,31H,10-15H2,1-2H3,(H,30,32)/t17-,18?,19?,20?,28?/m0/s1. The molecule has 4 saturated carbocycles. The van der Waals surface area contributed by atoms with Gasteiger partial charge in [-0.05, 0) is 111 Å². The Labute approximate surface area is 205 Å². The van der Waals surface area contributed by atoms with Crippen molar-refractivity contribution in [2.24, 2.45) is 23.2 Å². The van der Waals surface area contributed by atoms with Crippen LogP contribution in [0.5, 0.6) is 0 Å². The number of aryl methyl sites for hydroxylation is 1. The molecule has 172 valence electrons. The number of aromatic nitrogens is 1. The number of rotatable bonds is 5. The van der Waals surface area contributed by atoms with E-state index in [0.717, 1.165) is 43.5 Å². The topological polar surface area (TPSA) is 44.9 Å². The first-order chi connectivity index (χ1) is 15.9. The van der Waals surface area contributed by atoms with Gasteiger partial charge >= 0.3 is 0 Å². The number of nitrogens with one attached hydrogen (secondary N) is 2. The summed E-state index contributed by atoms with van der Waals surface area (Å²) in [5.41, 5.74) is 3.16. The van der Waals surface area contributed by atoms with E-state index >= 15 is 0 Å². The van der Waals surface area contributed by atoms with Gasteiger partial charge in [0.2, 0.25) is 0 Å². The van der Waals surface area contributed by atoms with Gasteiger partial charge in [-0.1, -0.05) is 35.5 Å². The zero-order chi connectivity index (χ0) is 22.7. The molecule has 0 radical (unpaired) electrons. The third-order valence-corrected chi connectivity index (χ3v) is 9.91. The number of benzene rings is 2. The number of halogens is 1. The van der Waals surface area contributed by atoms with E-state index in [-0.39, 0.29) is 17.4 Å². The van der Waals surface area contributed by atoms with E-state index in [1.54, 1.807) is 11.8 Å². The van der Waals surface area contributed by atoms with E-state index in [9.17, 15) is 4.79 Å². The van der Waals surface area contributed by atoms with Crippen LogP contribution in [0, 0.1) is 30.1 Å². The molecule has 0 aliphatic heterocycles. The molecule has 1 aromatic heterocycles. The fraction of sp³-hybridized carbons (Fsp3) is 0.464. The molecule has 4 bridgehead atoms. The van der Waals surface area contributed by atoms with E-state index < -0.39 is 0 Å². The summed E-state index contributed by atoms with van der Waals surface area (Å²) in [6.07, 6.45) is 8.13. The summed E-state index contributed by atoms with van der Waals surface area (Å²) in [5.74, 6) is 2.65. The van der Waals surface area contributed by atoms with E-state index in [0.29, 0.717) is 5.69 Å². The molecule has 7 rings (SSSR count). The van der Waals surface area contributed by atoms with Crippen molar-refractivity contribution < 1.29 is 4.79 Å². The number of carbonyl (C=O) groups excluding carboxylic acids is 1. The van der Waals surface area contributed by atoms with Crippen molar-refractivity contribution in [3.63, 3.8) is 0 Å². The maximum absolute atomic E-state index is 13.7. The van der Waals surface area contributed by atoms with Crippen LogP contribution < -0.4 is 5.32 Å². The third kappa shape index (κ3) is 3.89.